The third-order valence-electron chi connectivity index (χ3n) is 5.75. The summed E-state index contributed by atoms with van der Waals surface area (Å²) in [6.45, 7) is 6.74. The molecule has 1 aliphatic carbocycles. The van der Waals surface area contributed by atoms with Crippen LogP contribution in [0.5, 0.6) is 0 Å². The number of nitrogens with zero attached hydrogens (tertiary/aromatic N) is 2. The van der Waals surface area contributed by atoms with E-state index in [0.29, 0.717) is 6.54 Å². The highest BCUT2D eigenvalue weighted by Gasteiger charge is 2.18. The molecule has 0 aliphatic heterocycles. The molecule has 1 atom stereocenters. The topological polar surface area (TPSA) is 56.1 Å². The smallest absolute Gasteiger partial charge is 0.263 e. The minimum Gasteiger partial charge on any atom is -0.369 e. The lowest BCUT2D eigenvalue weighted by Gasteiger charge is -2.25. The molecule has 0 heterocycles. The van der Waals surface area contributed by atoms with Crippen molar-refractivity contribution in [3.8, 4) is 6.07 Å². The molecule has 156 valence electrons. The van der Waals surface area contributed by atoms with Crippen molar-refractivity contribution in [1.82, 2.24) is 10.2 Å². The molecule has 1 unspecified atom stereocenters. The van der Waals surface area contributed by atoms with Crippen LogP contribution in [0.1, 0.15) is 61.9 Å². The van der Waals surface area contributed by atoms with Gasteiger partial charge in [-0.1, -0.05) is 48.5 Å². The predicted octanol–water partition coefficient (Wildman–Crippen LogP) is 5.06. The highest BCUT2D eigenvalue weighted by Crippen LogP contribution is 2.25. The lowest BCUT2D eigenvalue weighted by atomic mass is 9.89. The van der Waals surface area contributed by atoms with Crippen molar-refractivity contribution in [1.29, 1.82) is 5.26 Å². The van der Waals surface area contributed by atoms with Gasteiger partial charge in [0, 0.05) is 18.8 Å². The second-order valence-electron chi connectivity index (χ2n) is 8.34. The highest BCUT2D eigenvalue weighted by atomic mass is 16.1. The summed E-state index contributed by atoms with van der Waals surface area (Å²) in [6, 6.07) is 18.7. The van der Waals surface area contributed by atoms with Crippen LogP contribution >= 0.6 is 0 Å². The first-order valence-electron chi connectivity index (χ1n) is 10.8. The van der Waals surface area contributed by atoms with Crippen LogP contribution < -0.4 is 5.32 Å². The Labute approximate surface area is 180 Å². The first-order valence-corrected chi connectivity index (χ1v) is 10.8. The van der Waals surface area contributed by atoms with Crippen LogP contribution in [0.4, 0.5) is 0 Å². The second-order valence-corrected chi connectivity index (χ2v) is 8.34. The third-order valence-corrected chi connectivity index (χ3v) is 5.75. The molecule has 0 aromatic heterocycles. The molecular weight excluding hydrogens is 370 g/mol. The minimum atomic E-state index is -0.332. The lowest BCUT2D eigenvalue weighted by Crippen LogP contribution is -2.31. The number of carbonyl (C=O) groups excluding carboxylic acids is 1. The molecule has 2 aromatic rings. The van der Waals surface area contributed by atoms with E-state index in [1.807, 2.05) is 42.2 Å². The average molecular weight is 402 g/mol. The Bertz CT molecular complexity index is 940. The molecule has 0 spiro atoms. The van der Waals surface area contributed by atoms with E-state index in [1.165, 1.54) is 24.0 Å². The standard InChI is InChI=1S/C26H31N3O/c1-19(2)29(17-21-9-5-4-6-10-21)18-25(16-27)26(30)28-20(3)23-14-13-22-11-7-8-12-24(22)15-23/h4-6,9-10,13-15,18-20H,7-8,11-12,17H2,1-3H3,(H,28,30)/b25-18-. The van der Waals surface area contributed by atoms with Gasteiger partial charge in [0.15, 0.2) is 0 Å². The van der Waals surface area contributed by atoms with Crippen molar-refractivity contribution in [2.75, 3.05) is 0 Å². The molecule has 4 nitrogen and oxygen atoms in total. The maximum absolute atomic E-state index is 12.8. The molecule has 1 N–H and O–H groups in total. The van der Waals surface area contributed by atoms with Gasteiger partial charge in [-0.25, -0.2) is 0 Å². The first kappa shape index (κ1) is 21.6. The summed E-state index contributed by atoms with van der Waals surface area (Å²) in [4.78, 5) is 14.9. The Morgan fingerprint density at radius 2 is 1.80 bits per heavy atom. The van der Waals surface area contributed by atoms with Crippen LogP contribution in [0.25, 0.3) is 0 Å². The van der Waals surface area contributed by atoms with Crippen LogP contribution in [0.2, 0.25) is 0 Å². The van der Waals surface area contributed by atoms with Gasteiger partial charge in [-0.15, -0.1) is 0 Å². The monoisotopic (exact) mass is 401 g/mol. The molecule has 3 rings (SSSR count). The molecule has 30 heavy (non-hydrogen) atoms. The number of nitriles is 1. The fourth-order valence-corrected chi connectivity index (χ4v) is 3.86. The van der Waals surface area contributed by atoms with Crippen LogP contribution in [0.15, 0.2) is 60.3 Å². The summed E-state index contributed by atoms with van der Waals surface area (Å²) in [5.41, 5.74) is 5.18. The van der Waals surface area contributed by atoms with Gasteiger partial charge in [0.05, 0.1) is 6.04 Å². The van der Waals surface area contributed by atoms with Gasteiger partial charge in [0.1, 0.15) is 11.6 Å². The summed E-state index contributed by atoms with van der Waals surface area (Å²) >= 11 is 0. The number of hydrogen-bond donors (Lipinski definition) is 1. The number of rotatable bonds is 7. The first-order chi connectivity index (χ1) is 14.5. The molecule has 0 saturated carbocycles. The number of hydrogen-bond acceptors (Lipinski definition) is 3. The molecule has 0 bridgehead atoms. The van der Waals surface area contributed by atoms with E-state index in [0.717, 1.165) is 24.0 Å². The molecule has 4 heteroatoms. The Morgan fingerprint density at radius 3 is 2.47 bits per heavy atom. The zero-order valence-electron chi connectivity index (χ0n) is 18.2. The summed E-state index contributed by atoms with van der Waals surface area (Å²) in [6.07, 6.45) is 6.42. The van der Waals surface area contributed by atoms with Crippen molar-refractivity contribution >= 4 is 5.91 Å². The zero-order valence-corrected chi connectivity index (χ0v) is 18.2. The van der Waals surface area contributed by atoms with Crippen LogP contribution in [0, 0.1) is 11.3 Å². The van der Waals surface area contributed by atoms with E-state index in [2.05, 4.69) is 43.4 Å². The SMILES string of the molecule is CC(NC(=O)/C(C#N)=C\N(Cc1ccccc1)C(C)C)c1ccc2c(c1)CCCC2. The van der Waals surface area contributed by atoms with E-state index in [1.54, 1.807) is 6.20 Å². The Morgan fingerprint density at radius 1 is 1.10 bits per heavy atom. The fraction of sp³-hybridized carbons (Fsp3) is 0.385. The fourth-order valence-electron chi connectivity index (χ4n) is 3.86. The largest absolute Gasteiger partial charge is 0.369 e. The molecule has 2 aromatic carbocycles. The van der Waals surface area contributed by atoms with Gasteiger partial charge in [-0.05, 0) is 68.7 Å². The Kier molecular flexibility index (Phi) is 7.30. The van der Waals surface area contributed by atoms with Crippen molar-refractivity contribution in [3.05, 3.63) is 82.6 Å². The maximum atomic E-state index is 12.8. The number of carbonyl (C=O) groups is 1. The number of aryl methyl sites for hydroxylation is 2. The normalized spacial score (nSPS) is 14.6. The molecule has 1 aliphatic rings. The molecular formula is C26H31N3O. The average Bonchev–Trinajstić information content (AvgIpc) is 2.76. The molecule has 0 fully saturated rings. The van der Waals surface area contributed by atoms with Crippen LogP contribution in [-0.2, 0) is 24.2 Å². The summed E-state index contributed by atoms with van der Waals surface area (Å²) in [5, 5.41) is 12.6. The Balaban J connectivity index is 1.72. The summed E-state index contributed by atoms with van der Waals surface area (Å²) < 4.78 is 0. The quantitative estimate of drug-likeness (QED) is 0.521. The predicted molar refractivity (Wildman–Crippen MR) is 120 cm³/mol. The van der Waals surface area contributed by atoms with Crippen LogP contribution in [0.3, 0.4) is 0 Å². The zero-order chi connectivity index (χ0) is 21.5. The van der Waals surface area contributed by atoms with E-state index in [4.69, 9.17) is 0 Å². The second kappa shape index (κ2) is 10.1. The van der Waals surface area contributed by atoms with E-state index in [-0.39, 0.29) is 23.6 Å². The number of benzene rings is 2. The van der Waals surface area contributed by atoms with E-state index >= 15 is 0 Å². The van der Waals surface area contributed by atoms with Gasteiger partial charge >= 0.3 is 0 Å². The van der Waals surface area contributed by atoms with Crippen LogP contribution in [-0.4, -0.2) is 16.8 Å². The van der Waals surface area contributed by atoms with E-state index in [9.17, 15) is 10.1 Å². The molecule has 0 radical (unpaired) electrons. The van der Waals surface area contributed by atoms with Gasteiger partial charge in [-0.3, -0.25) is 4.79 Å². The van der Waals surface area contributed by atoms with Gasteiger partial charge < -0.3 is 10.2 Å². The number of fused-ring (bicyclic) bond motifs is 1. The van der Waals surface area contributed by atoms with Gasteiger partial charge in [0.2, 0.25) is 0 Å². The van der Waals surface area contributed by atoms with Crippen molar-refractivity contribution in [2.24, 2.45) is 0 Å². The van der Waals surface area contributed by atoms with Crippen molar-refractivity contribution in [2.45, 2.75) is 65.1 Å². The molecule has 1 amide bonds. The Hall–Kier alpha value is -3.06. The van der Waals surface area contributed by atoms with Gasteiger partial charge in [-0.2, -0.15) is 5.26 Å². The summed E-state index contributed by atoms with van der Waals surface area (Å²) in [5.74, 6) is -0.332. The highest BCUT2D eigenvalue weighted by molar-refractivity contribution is 5.97. The third kappa shape index (κ3) is 5.51. The number of amides is 1. The summed E-state index contributed by atoms with van der Waals surface area (Å²) in [7, 11) is 0. The number of nitrogens with one attached hydrogen (secondary N) is 1. The van der Waals surface area contributed by atoms with E-state index < -0.39 is 0 Å². The maximum Gasteiger partial charge on any atom is 0.263 e. The van der Waals surface area contributed by atoms with Crippen molar-refractivity contribution in [3.63, 3.8) is 0 Å². The minimum absolute atomic E-state index is 0.129. The van der Waals surface area contributed by atoms with Gasteiger partial charge in [0.25, 0.3) is 5.91 Å². The lowest BCUT2D eigenvalue weighted by molar-refractivity contribution is -0.117. The van der Waals surface area contributed by atoms with Crippen molar-refractivity contribution < 1.29 is 4.79 Å². The molecule has 0 saturated heterocycles.